The molecule has 0 heterocycles. The van der Waals surface area contributed by atoms with Crippen LogP contribution in [0.5, 0.6) is 0 Å². The van der Waals surface area contributed by atoms with Gasteiger partial charge in [-0.1, -0.05) is 6.07 Å². The average molecular weight is 219 g/mol. The first-order valence-electron chi connectivity index (χ1n) is 4.13. The van der Waals surface area contributed by atoms with Crippen LogP contribution in [-0.2, 0) is 16.6 Å². The largest absolute Gasteiger partial charge is 0.330 e. The third-order valence-corrected chi connectivity index (χ3v) is 3.01. The van der Waals surface area contributed by atoms with Gasteiger partial charge < -0.3 is 5.73 Å². The van der Waals surface area contributed by atoms with E-state index in [2.05, 4.69) is 0 Å². The van der Waals surface area contributed by atoms with Crippen LogP contribution in [0.3, 0.4) is 0 Å². The van der Waals surface area contributed by atoms with Gasteiger partial charge in [-0.3, -0.25) is 4.21 Å². The van der Waals surface area contributed by atoms with Crippen molar-refractivity contribution < 1.29 is 13.0 Å². The van der Waals surface area contributed by atoms with Gasteiger partial charge >= 0.3 is 0 Å². The minimum absolute atomic E-state index is 0.115. The highest BCUT2D eigenvalue weighted by Crippen LogP contribution is 2.13. The predicted octanol–water partition coefficient (Wildman–Crippen LogP) is 1.17. The fourth-order valence-electron chi connectivity index (χ4n) is 1.03. The van der Waals surface area contributed by atoms with Gasteiger partial charge in [0.1, 0.15) is 11.6 Å². The molecule has 0 aliphatic carbocycles. The van der Waals surface area contributed by atoms with E-state index < -0.39 is 22.4 Å². The summed E-state index contributed by atoms with van der Waals surface area (Å²) >= 11 is 0. The Bertz CT molecular complexity index is 323. The van der Waals surface area contributed by atoms with E-state index in [4.69, 9.17) is 5.73 Å². The van der Waals surface area contributed by atoms with Crippen molar-refractivity contribution in [2.24, 2.45) is 5.73 Å². The minimum Gasteiger partial charge on any atom is -0.330 e. The molecule has 1 rings (SSSR count). The van der Waals surface area contributed by atoms with Crippen LogP contribution < -0.4 is 5.73 Å². The van der Waals surface area contributed by atoms with Gasteiger partial charge in [-0.2, -0.15) is 0 Å². The van der Waals surface area contributed by atoms with Crippen molar-refractivity contribution in [3.05, 3.63) is 35.4 Å². The molecule has 0 saturated heterocycles. The maximum Gasteiger partial charge on any atom is 0.130 e. The van der Waals surface area contributed by atoms with E-state index in [9.17, 15) is 13.0 Å². The average Bonchev–Trinajstić information content (AvgIpc) is 2.12. The summed E-state index contributed by atoms with van der Waals surface area (Å²) in [7, 11) is -1.30. The fraction of sp³-hybridized carbons (Fsp3) is 0.333. The summed E-state index contributed by atoms with van der Waals surface area (Å²) in [4.78, 5) is 0. The molecule has 0 aliphatic heterocycles. The molecule has 0 bridgehead atoms. The Hall–Kier alpha value is -0.810. The number of halogens is 2. The number of hydrogen-bond donors (Lipinski definition) is 1. The van der Waals surface area contributed by atoms with Crippen molar-refractivity contribution in [1.29, 1.82) is 0 Å². The van der Waals surface area contributed by atoms with E-state index in [1.807, 2.05) is 0 Å². The van der Waals surface area contributed by atoms with Gasteiger partial charge in [-0.25, -0.2) is 8.78 Å². The molecule has 5 heteroatoms. The van der Waals surface area contributed by atoms with Crippen LogP contribution in [0.15, 0.2) is 18.2 Å². The molecule has 0 amide bonds. The summed E-state index contributed by atoms with van der Waals surface area (Å²) in [6.07, 6.45) is 0. The Balaban J connectivity index is 2.80. The third-order valence-electron chi connectivity index (χ3n) is 1.71. The van der Waals surface area contributed by atoms with Crippen LogP contribution in [0.4, 0.5) is 8.78 Å². The molecule has 0 fully saturated rings. The second-order valence-corrected chi connectivity index (χ2v) is 4.35. The van der Waals surface area contributed by atoms with Crippen LogP contribution in [0, 0.1) is 11.6 Å². The molecule has 0 spiro atoms. The quantitative estimate of drug-likeness (QED) is 0.826. The van der Waals surface area contributed by atoms with E-state index in [0.29, 0.717) is 0 Å². The molecule has 1 atom stereocenters. The fourth-order valence-corrected chi connectivity index (χ4v) is 2.04. The summed E-state index contributed by atoms with van der Waals surface area (Å²) in [5.74, 6) is -1.17. The molecule has 2 N–H and O–H groups in total. The van der Waals surface area contributed by atoms with Crippen LogP contribution in [0.2, 0.25) is 0 Å². The Morgan fingerprint density at radius 2 is 1.86 bits per heavy atom. The molecule has 0 saturated carbocycles. The van der Waals surface area contributed by atoms with Gasteiger partial charge in [-0.15, -0.1) is 0 Å². The van der Waals surface area contributed by atoms with Crippen molar-refractivity contribution in [2.75, 3.05) is 12.3 Å². The molecule has 0 aliphatic rings. The maximum absolute atomic E-state index is 13.0. The second kappa shape index (κ2) is 5.17. The number of hydrogen-bond acceptors (Lipinski definition) is 2. The van der Waals surface area contributed by atoms with Crippen LogP contribution >= 0.6 is 0 Å². The summed E-state index contributed by atoms with van der Waals surface area (Å²) < 4.78 is 37.3. The van der Waals surface area contributed by atoms with E-state index in [-0.39, 0.29) is 23.6 Å². The molecule has 1 aromatic carbocycles. The zero-order valence-corrected chi connectivity index (χ0v) is 8.32. The number of nitrogens with two attached hydrogens (primary N) is 1. The summed E-state index contributed by atoms with van der Waals surface area (Å²) in [5.41, 5.74) is 5.05. The summed E-state index contributed by atoms with van der Waals surface area (Å²) in [5, 5.41) is 0. The first kappa shape index (κ1) is 11.3. The lowest BCUT2D eigenvalue weighted by Gasteiger charge is -2.03. The summed E-state index contributed by atoms with van der Waals surface area (Å²) in [6.45, 7) is 0.253. The Kier molecular flexibility index (Phi) is 4.16. The molecular weight excluding hydrogens is 208 g/mol. The van der Waals surface area contributed by atoms with Crippen molar-refractivity contribution in [1.82, 2.24) is 0 Å². The molecule has 2 nitrogen and oxygen atoms in total. The molecule has 0 aromatic heterocycles. The first-order valence-corrected chi connectivity index (χ1v) is 5.62. The summed E-state index contributed by atoms with van der Waals surface area (Å²) in [6, 6.07) is 3.58. The predicted molar refractivity (Wildman–Crippen MR) is 52.1 cm³/mol. The lowest BCUT2D eigenvalue weighted by Crippen LogP contribution is -2.12. The van der Waals surface area contributed by atoms with Gasteiger partial charge in [0.05, 0.1) is 5.75 Å². The van der Waals surface area contributed by atoms with Crippen molar-refractivity contribution in [3.8, 4) is 0 Å². The molecule has 1 unspecified atom stereocenters. The molecule has 78 valence electrons. The monoisotopic (exact) mass is 219 g/mol. The smallest absolute Gasteiger partial charge is 0.130 e. The van der Waals surface area contributed by atoms with Crippen LogP contribution in [-0.4, -0.2) is 16.5 Å². The molecule has 14 heavy (non-hydrogen) atoms. The van der Waals surface area contributed by atoms with E-state index in [1.54, 1.807) is 0 Å². The van der Waals surface area contributed by atoms with Crippen molar-refractivity contribution in [3.63, 3.8) is 0 Å². The van der Waals surface area contributed by atoms with Gasteiger partial charge in [0, 0.05) is 28.7 Å². The maximum atomic E-state index is 13.0. The molecule has 1 aromatic rings. The van der Waals surface area contributed by atoms with Crippen LogP contribution in [0.1, 0.15) is 5.56 Å². The zero-order chi connectivity index (χ0) is 10.6. The lowest BCUT2D eigenvalue weighted by atomic mass is 10.2. The lowest BCUT2D eigenvalue weighted by molar-refractivity contribution is 0.564. The number of rotatable bonds is 4. The Labute approximate surface area is 83.6 Å². The third kappa shape index (κ3) is 2.85. The Morgan fingerprint density at radius 3 is 2.36 bits per heavy atom. The normalized spacial score (nSPS) is 12.8. The Morgan fingerprint density at radius 1 is 1.29 bits per heavy atom. The molecule has 0 radical (unpaired) electrons. The standard InChI is InChI=1S/C9H11F2NOS/c10-8-2-1-3-9(11)7(8)6-14(13)5-4-12/h1-3H,4-6,12H2. The molecular formula is C9H11F2NOS. The van der Waals surface area contributed by atoms with E-state index in [0.717, 1.165) is 12.1 Å². The highest BCUT2D eigenvalue weighted by Gasteiger charge is 2.11. The van der Waals surface area contributed by atoms with Gasteiger partial charge in [0.15, 0.2) is 0 Å². The van der Waals surface area contributed by atoms with Gasteiger partial charge in [0.2, 0.25) is 0 Å². The van der Waals surface area contributed by atoms with Gasteiger partial charge in [0.25, 0.3) is 0 Å². The van der Waals surface area contributed by atoms with Crippen molar-refractivity contribution >= 4 is 10.8 Å². The minimum atomic E-state index is -1.30. The van der Waals surface area contributed by atoms with Crippen molar-refractivity contribution in [2.45, 2.75) is 5.75 Å². The SMILES string of the molecule is NCCS(=O)Cc1c(F)cccc1F. The van der Waals surface area contributed by atoms with Crippen LogP contribution in [0.25, 0.3) is 0 Å². The zero-order valence-electron chi connectivity index (χ0n) is 7.50. The first-order chi connectivity index (χ1) is 6.65. The highest BCUT2D eigenvalue weighted by atomic mass is 32.2. The van der Waals surface area contributed by atoms with Gasteiger partial charge in [-0.05, 0) is 12.1 Å². The second-order valence-electron chi connectivity index (χ2n) is 2.78. The highest BCUT2D eigenvalue weighted by molar-refractivity contribution is 7.84. The topological polar surface area (TPSA) is 43.1 Å². The van der Waals surface area contributed by atoms with E-state index >= 15 is 0 Å². The van der Waals surface area contributed by atoms with E-state index in [1.165, 1.54) is 6.07 Å². The number of benzene rings is 1.